The van der Waals surface area contributed by atoms with Crippen molar-refractivity contribution in [2.45, 2.75) is 187 Å². The van der Waals surface area contributed by atoms with Crippen LogP contribution in [-0.4, -0.2) is 70.7 Å². The molecule has 8 nitrogen and oxygen atoms in total. The van der Waals surface area contributed by atoms with Gasteiger partial charge in [-0.25, -0.2) is 0 Å². The highest BCUT2D eigenvalue weighted by Crippen LogP contribution is 2.38. The molecule has 0 saturated heterocycles. The highest BCUT2D eigenvalue weighted by atomic mass is 31.2. The van der Waals surface area contributed by atoms with Crippen LogP contribution in [0, 0.1) is 0 Å². The number of rotatable bonds is 41. The van der Waals surface area contributed by atoms with Crippen molar-refractivity contribution in [2.24, 2.45) is 0 Å². The topological polar surface area (TPSA) is 94.1 Å². The number of unbranched alkanes of at least 4 members (excludes halogenated alkanes) is 19. The first-order chi connectivity index (χ1) is 26.6. The van der Waals surface area contributed by atoms with Gasteiger partial charge in [0, 0.05) is 13.0 Å². The predicted octanol–water partition coefficient (Wildman–Crippen LogP) is 12.5. The summed E-state index contributed by atoms with van der Waals surface area (Å²) in [6.07, 6.45) is 46.9. The molecule has 55 heavy (non-hydrogen) atoms. The smallest absolute Gasteiger partial charge is 0.306 e. The van der Waals surface area contributed by atoms with Gasteiger partial charge >= 0.3 is 5.97 Å². The maximum absolute atomic E-state index is 12.7. The van der Waals surface area contributed by atoms with Crippen molar-refractivity contribution in [1.82, 2.24) is 0 Å². The molecule has 9 heteroatoms. The highest BCUT2D eigenvalue weighted by Gasteiger charge is 2.20. The zero-order chi connectivity index (χ0) is 40.6. The lowest BCUT2D eigenvalue weighted by Gasteiger charge is -2.28. The molecular formula is C46H86NO7P. The van der Waals surface area contributed by atoms with Crippen molar-refractivity contribution >= 4 is 13.8 Å². The summed E-state index contributed by atoms with van der Waals surface area (Å²) in [5.41, 5.74) is 0. The number of quaternary nitrogens is 1. The lowest BCUT2D eigenvalue weighted by molar-refractivity contribution is -0.870. The SMILES string of the molecule is CCCCC/C=C\C/C=C\C/C=C\C/C=C\CCCCCC(=O)OC(COCCCCCCCCCCCCCCCC)COP(=O)([O-])OCC[N+](C)(C)C. The fourth-order valence-electron chi connectivity index (χ4n) is 5.88. The lowest BCUT2D eigenvalue weighted by atomic mass is 10.0. The summed E-state index contributed by atoms with van der Waals surface area (Å²) >= 11 is 0. The number of phosphoric acid groups is 1. The highest BCUT2D eigenvalue weighted by molar-refractivity contribution is 7.45. The first kappa shape index (κ1) is 53.5. The molecule has 0 rings (SSSR count). The first-order valence-corrected chi connectivity index (χ1v) is 23.8. The second-order valence-corrected chi connectivity index (χ2v) is 17.5. The molecule has 0 heterocycles. The van der Waals surface area contributed by atoms with E-state index in [0.29, 0.717) is 24.1 Å². The van der Waals surface area contributed by atoms with Gasteiger partial charge in [-0.05, 0) is 57.8 Å². The van der Waals surface area contributed by atoms with Gasteiger partial charge in [-0.15, -0.1) is 0 Å². The van der Waals surface area contributed by atoms with Gasteiger partial charge in [-0.2, -0.15) is 0 Å². The van der Waals surface area contributed by atoms with Crippen molar-refractivity contribution in [2.75, 3.05) is 54.1 Å². The molecule has 322 valence electrons. The summed E-state index contributed by atoms with van der Waals surface area (Å²) in [5.74, 6) is -0.363. The van der Waals surface area contributed by atoms with Crippen molar-refractivity contribution in [3.63, 3.8) is 0 Å². The van der Waals surface area contributed by atoms with Crippen molar-refractivity contribution in [3.05, 3.63) is 48.6 Å². The van der Waals surface area contributed by atoms with Crippen LogP contribution >= 0.6 is 7.82 Å². The Kier molecular flexibility index (Phi) is 38.2. The molecular weight excluding hydrogens is 709 g/mol. The molecule has 0 bridgehead atoms. The Balaban J connectivity index is 4.30. The van der Waals surface area contributed by atoms with Crippen LogP contribution in [0.4, 0.5) is 0 Å². The number of nitrogens with zero attached hydrogens (tertiary/aromatic N) is 1. The van der Waals surface area contributed by atoms with Crippen LogP contribution < -0.4 is 4.89 Å². The van der Waals surface area contributed by atoms with E-state index in [1.165, 1.54) is 103 Å². The van der Waals surface area contributed by atoms with Gasteiger partial charge in [-0.3, -0.25) is 9.36 Å². The standard InChI is InChI=1S/C46H86NO7P/c1-6-8-10-12-14-16-18-20-22-23-24-25-26-27-29-31-33-35-37-39-46(48)54-45(44-53-55(49,50)52-42-40-47(3,4)5)43-51-41-38-36-34-32-30-28-21-19-17-15-13-11-9-7-2/h14,16,20,22,24-25,27,29,45H,6-13,15,17-19,21,23,26,28,30-44H2,1-5H3/b16-14-,22-20-,25-24-,29-27-. The molecule has 0 fully saturated rings. The van der Waals surface area contributed by atoms with Crippen LogP contribution in [0.1, 0.15) is 181 Å². The third kappa shape index (κ3) is 43.4. The number of likely N-dealkylation sites (N-methyl/N-ethyl adjacent to an activating group) is 1. The van der Waals surface area contributed by atoms with Crippen LogP contribution in [0.5, 0.6) is 0 Å². The predicted molar refractivity (Wildman–Crippen MR) is 231 cm³/mol. The molecule has 0 aliphatic carbocycles. The van der Waals surface area contributed by atoms with Crippen LogP contribution in [-0.2, 0) is 27.9 Å². The molecule has 0 saturated carbocycles. The van der Waals surface area contributed by atoms with Crippen LogP contribution in [0.2, 0.25) is 0 Å². The number of carbonyl (C=O) groups excluding carboxylic acids is 1. The number of hydrogen-bond acceptors (Lipinski definition) is 7. The number of allylic oxidation sites excluding steroid dienone is 8. The zero-order valence-corrected chi connectivity index (χ0v) is 37.3. The fourth-order valence-corrected chi connectivity index (χ4v) is 6.61. The summed E-state index contributed by atoms with van der Waals surface area (Å²) in [6.45, 7) is 5.35. The molecule has 0 aromatic carbocycles. The van der Waals surface area contributed by atoms with Crippen molar-refractivity contribution in [1.29, 1.82) is 0 Å². The van der Waals surface area contributed by atoms with E-state index in [1.807, 2.05) is 21.1 Å². The second-order valence-electron chi connectivity index (χ2n) is 16.1. The molecule has 0 N–H and O–H groups in total. The summed E-state index contributed by atoms with van der Waals surface area (Å²) in [6, 6.07) is 0. The lowest BCUT2D eigenvalue weighted by Crippen LogP contribution is -2.37. The minimum absolute atomic E-state index is 0.0193. The van der Waals surface area contributed by atoms with Gasteiger partial charge in [-0.1, -0.05) is 165 Å². The van der Waals surface area contributed by atoms with E-state index < -0.39 is 13.9 Å². The number of esters is 1. The summed E-state index contributed by atoms with van der Waals surface area (Å²) < 4.78 is 34.6. The van der Waals surface area contributed by atoms with Crippen LogP contribution in [0.25, 0.3) is 0 Å². The first-order valence-electron chi connectivity index (χ1n) is 22.4. The molecule has 2 unspecified atom stereocenters. The fraction of sp³-hybridized carbons (Fsp3) is 0.804. The summed E-state index contributed by atoms with van der Waals surface area (Å²) in [7, 11) is 1.33. The monoisotopic (exact) mass is 796 g/mol. The maximum atomic E-state index is 12.7. The van der Waals surface area contributed by atoms with Gasteiger partial charge < -0.3 is 27.9 Å². The van der Waals surface area contributed by atoms with Gasteiger partial charge in [0.15, 0.2) is 0 Å². The Morgan fingerprint density at radius 2 is 1.00 bits per heavy atom. The normalized spacial score (nSPS) is 14.2. The zero-order valence-electron chi connectivity index (χ0n) is 36.4. The summed E-state index contributed by atoms with van der Waals surface area (Å²) in [5, 5.41) is 0. The largest absolute Gasteiger partial charge is 0.756 e. The van der Waals surface area contributed by atoms with E-state index in [-0.39, 0.29) is 32.2 Å². The van der Waals surface area contributed by atoms with E-state index in [1.54, 1.807) is 0 Å². The average molecular weight is 796 g/mol. The van der Waals surface area contributed by atoms with Crippen molar-refractivity contribution in [3.8, 4) is 0 Å². The quantitative estimate of drug-likeness (QED) is 0.0200. The Bertz CT molecular complexity index is 1020. The molecule has 0 aliphatic rings. The van der Waals surface area contributed by atoms with Gasteiger partial charge in [0.2, 0.25) is 0 Å². The summed E-state index contributed by atoms with van der Waals surface area (Å²) in [4.78, 5) is 25.0. The minimum atomic E-state index is -4.53. The van der Waals surface area contributed by atoms with Gasteiger partial charge in [0.25, 0.3) is 7.82 Å². The van der Waals surface area contributed by atoms with Crippen LogP contribution in [0.15, 0.2) is 48.6 Å². The molecule has 0 amide bonds. The average Bonchev–Trinajstić information content (AvgIpc) is 3.13. The molecule has 0 aromatic rings. The van der Waals surface area contributed by atoms with E-state index >= 15 is 0 Å². The third-order valence-electron chi connectivity index (χ3n) is 9.38. The molecule has 0 aromatic heterocycles. The Hall–Kier alpha value is -1.54. The third-order valence-corrected chi connectivity index (χ3v) is 10.3. The maximum Gasteiger partial charge on any atom is 0.306 e. The molecule has 2 atom stereocenters. The van der Waals surface area contributed by atoms with E-state index in [2.05, 4.69) is 62.5 Å². The number of hydrogen-bond donors (Lipinski definition) is 0. The Morgan fingerprint density at radius 3 is 1.51 bits per heavy atom. The van der Waals surface area contributed by atoms with Crippen molar-refractivity contribution < 1.29 is 37.3 Å². The van der Waals surface area contributed by atoms with E-state index in [0.717, 1.165) is 51.4 Å². The second kappa shape index (κ2) is 39.3. The van der Waals surface area contributed by atoms with E-state index in [9.17, 15) is 14.3 Å². The minimum Gasteiger partial charge on any atom is -0.756 e. The molecule has 0 radical (unpaired) electrons. The van der Waals surface area contributed by atoms with Gasteiger partial charge in [0.05, 0.1) is 34.4 Å². The van der Waals surface area contributed by atoms with Crippen LogP contribution in [0.3, 0.4) is 0 Å². The molecule has 0 spiro atoms. The van der Waals surface area contributed by atoms with Gasteiger partial charge in [0.1, 0.15) is 19.3 Å². The number of ether oxygens (including phenoxy) is 2. The molecule has 0 aliphatic heterocycles. The Labute approximate surface area is 339 Å². The number of phosphoric ester groups is 1. The van der Waals surface area contributed by atoms with E-state index in [4.69, 9.17) is 18.5 Å². The Morgan fingerprint density at radius 1 is 0.564 bits per heavy atom. The number of carbonyl (C=O) groups is 1.